The highest BCUT2D eigenvalue weighted by atomic mass is 79.9. The lowest BCUT2D eigenvalue weighted by molar-refractivity contribution is 0.199. The first-order chi connectivity index (χ1) is 7.74. The first kappa shape index (κ1) is 14.6. The highest BCUT2D eigenvalue weighted by molar-refractivity contribution is 9.12. The molecule has 0 spiro atoms. The van der Waals surface area contributed by atoms with E-state index in [0.717, 1.165) is 26.1 Å². The van der Waals surface area contributed by atoms with Crippen LogP contribution in [-0.2, 0) is 11.2 Å². The summed E-state index contributed by atoms with van der Waals surface area (Å²) in [5, 5.41) is 3.35. The smallest absolute Gasteiger partial charge is 0.0742 e. The summed E-state index contributed by atoms with van der Waals surface area (Å²) in [4.78, 5) is 0. The van der Waals surface area contributed by atoms with E-state index in [9.17, 15) is 0 Å². The standard InChI is InChI=1S/C11H17Br2NOS/c1-15-7-6-14-5-3-2-4-9-8-10(12)16-11(9)13/h8,14H,2-7H2,1H3. The Morgan fingerprint density at radius 1 is 1.31 bits per heavy atom. The van der Waals surface area contributed by atoms with E-state index >= 15 is 0 Å². The van der Waals surface area contributed by atoms with Crippen molar-refractivity contribution >= 4 is 43.2 Å². The Hall–Kier alpha value is 0.580. The number of hydrogen-bond donors (Lipinski definition) is 1. The monoisotopic (exact) mass is 369 g/mol. The summed E-state index contributed by atoms with van der Waals surface area (Å²) in [6.45, 7) is 2.82. The Morgan fingerprint density at radius 3 is 2.75 bits per heavy atom. The van der Waals surface area contributed by atoms with Crippen LogP contribution in [0.1, 0.15) is 18.4 Å². The maximum atomic E-state index is 4.96. The molecule has 1 aromatic rings. The number of aryl methyl sites for hydroxylation is 1. The molecule has 0 fully saturated rings. The predicted molar refractivity (Wildman–Crippen MR) is 77.4 cm³/mol. The Kier molecular flexibility index (Phi) is 7.90. The molecule has 0 saturated carbocycles. The topological polar surface area (TPSA) is 21.3 Å². The third kappa shape index (κ3) is 5.77. The summed E-state index contributed by atoms with van der Waals surface area (Å²) >= 11 is 8.82. The van der Waals surface area contributed by atoms with Crippen molar-refractivity contribution < 1.29 is 4.74 Å². The van der Waals surface area contributed by atoms with E-state index in [4.69, 9.17) is 4.74 Å². The van der Waals surface area contributed by atoms with Crippen LogP contribution >= 0.6 is 43.2 Å². The van der Waals surface area contributed by atoms with Crippen molar-refractivity contribution in [2.24, 2.45) is 0 Å². The number of unbranched alkanes of at least 4 members (excludes halogenated alkanes) is 1. The second-order valence-electron chi connectivity index (χ2n) is 3.55. The molecule has 1 N–H and O–H groups in total. The van der Waals surface area contributed by atoms with Gasteiger partial charge in [-0.3, -0.25) is 0 Å². The van der Waals surface area contributed by atoms with E-state index in [1.54, 1.807) is 18.4 Å². The van der Waals surface area contributed by atoms with E-state index in [0.29, 0.717) is 0 Å². The minimum atomic E-state index is 0.795. The molecule has 0 atom stereocenters. The zero-order chi connectivity index (χ0) is 11.8. The molecule has 0 aliphatic carbocycles. The molecule has 16 heavy (non-hydrogen) atoms. The number of halogens is 2. The zero-order valence-corrected chi connectivity index (χ0v) is 13.4. The molecular formula is C11H17Br2NOS. The molecule has 0 radical (unpaired) electrons. The van der Waals surface area contributed by atoms with Crippen molar-refractivity contribution in [3.05, 3.63) is 19.2 Å². The molecule has 0 unspecified atom stereocenters. The van der Waals surface area contributed by atoms with Crippen molar-refractivity contribution in [1.29, 1.82) is 0 Å². The second kappa shape index (κ2) is 8.64. The molecule has 0 aromatic carbocycles. The van der Waals surface area contributed by atoms with Crippen LogP contribution in [0, 0.1) is 0 Å². The fourth-order valence-electron chi connectivity index (χ4n) is 1.41. The van der Waals surface area contributed by atoms with Gasteiger partial charge in [-0.2, -0.15) is 0 Å². The summed E-state index contributed by atoms with van der Waals surface area (Å²) in [5.74, 6) is 0. The Bertz CT molecular complexity index is 304. The van der Waals surface area contributed by atoms with E-state index in [-0.39, 0.29) is 0 Å². The van der Waals surface area contributed by atoms with Crippen molar-refractivity contribution in [1.82, 2.24) is 5.32 Å². The van der Waals surface area contributed by atoms with Gasteiger partial charge in [-0.25, -0.2) is 0 Å². The maximum Gasteiger partial charge on any atom is 0.0742 e. The van der Waals surface area contributed by atoms with Crippen LogP contribution < -0.4 is 5.32 Å². The van der Waals surface area contributed by atoms with Crippen molar-refractivity contribution in [2.75, 3.05) is 26.8 Å². The molecule has 2 nitrogen and oxygen atoms in total. The largest absolute Gasteiger partial charge is 0.383 e. The maximum absolute atomic E-state index is 4.96. The lowest BCUT2D eigenvalue weighted by atomic mass is 10.1. The molecule has 1 aromatic heterocycles. The summed E-state index contributed by atoms with van der Waals surface area (Å²) in [5.41, 5.74) is 1.41. The van der Waals surface area contributed by atoms with Gasteiger partial charge in [0.1, 0.15) is 0 Å². The van der Waals surface area contributed by atoms with Crippen molar-refractivity contribution in [3.63, 3.8) is 0 Å². The van der Waals surface area contributed by atoms with Crippen molar-refractivity contribution in [2.45, 2.75) is 19.3 Å². The number of nitrogens with one attached hydrogen (secondary N) is 1. The van der Waals surface area contributed by atoms with Crippen LogP contribution in [0.5, 0.6) is 0 Å². The molecule has 1 rings (SSSR count). The summed E-state index contributed by atoms with van der Waals surface area (Å²) in [6, 6.07) is 2.20. The molecule has 0 bridgehead atoms. The fraction of sp³-hybridized carbons (Fsp3) is 0.636. The van der Waals surface area contributed by atoms with Crippen LogP contribution in [0.2, 0.25) is 0 Å². The van der Waals surface area contributed by atoms with Gasteiger partial charge in [-0.05, 0) is 69.3 Å². The Morgan fingerprint density at radius 2 is 2.12 bits per heavy atom. The highest BCUT2D eigenvalue weighted by Gasteiger charge is 2.04. The average Bonchev–Trinajstić information content (AvgIpc) is 2.56. The van der Waals surface area contributed by atoms with E-state index in [1.807, 2.05) is 0 Å². The van der Waals surface area contributed by atoms with Gasteiger partial charge in [0.15, 0.2) is 0 Å². The van der Waals surface area contributed by atoms with Gasteiger partial charge in [0.25, 0.3) is 0 Å². The lowest BCUT2D eigenvalue weighted by Crippen LogP contribution is -2.20. The first-order valence-corrected chi connectivity index (χ1v) is 7.77. The molecule has 0 saturated heterocycles. The third-order valence-electron chi connectivity index (χ3n) is 2.26. The third-order valence-corrected chi connectivity index (χ3v) is 4.72. The van der Waals surface area contributed by atoms with Crippen LogP contribution in [0.15, 0.2) is 13.6 Å². The Balaban J connectivity index is 2.05. The molecule has 1 heterocycles. The van der Waals surface area contributed by atoms with E-state index in [2.05, 4.69) is 43.2 Å². The Labute approximate surface area is 118 Å². The summed E-state index contributed by atoms with van der Waals surface area (Å²) in [6.07, 6.45) is 3.58. The van der Waals surface area contributed by atoms with Crippen LogP contribution in [0.25, 0.3) is 0 Å². The van der Waals surface area contributed by atoms with E-state index < -0.39 is 0 Å². The molecule has 0 aliphatic heterocycles. The number of rotatable bonds is 8. The highest BCUT2D eigenvalue weighted by Crippen LogP contribution is 2.32. The SMILES string of the molecule is COCCNCCCCc1cc(Br)sc1Br. The van der Waals surface area contributed by atoms with Gasteiger partial charge in [0, 0.05) is 13.7 Å². The second-order valence-corrected chi connectivity index (χ2v) is 7.30. The van der Waals surface area contributed by atoms with Crippen LogP contribution in [-0.4, -0.2) is 26.8 Å². The van der Waals surface area contributed by atoms with Crippen molar-refractivity contribution in [3.8, 4) is 0 Å². The predicted octanol–water partition coefficient (Wildman–Crippen LogP) is 3.83. The first-order valence-electron chi connectivity index (χ1n) is 5.37. The number of thiophene rings is 1. The summed E-state index contributed by atoms with van der Waals surface area (Å²) < 4.78 is 7.42. The molecular weight excluding hydrogens is 354 g/mol. The quantitative estimate of drug-likeness (QED) is 0.702. The number of methoxy groups -OCH3 is 1. The van der Waals surface area contributed by atoms with Gasteiger partial charge in [-0.1, -0.05) is 0 Å². The van der Waals surface area contributed by atoms with Gasteiger partial charge in [0.05, 0.1) is 14.2 Å². The number of hydrogen-bond acceptors (Lipinski definition) is 3. The van der Waals surface area contributed by atoms with Gasteiger partial charge in [0.2, 0.25) is 0 Å². The molecule has 0 aliphatic rings. The number of ether oxygens (including phenoxy) is 1. The minimum absolute atomic E-state index is 0.795. The van der Waals surface area contributed by atoms with Gasteiger partial charge < -0.3 is 10.1 Å². The van der Waals surface area contributed by atoms with E-state index in [1.165, 1.54) is 26.0 Å². The average molecular weight is 371 g/mol. The van der Waals surface area contributed by atoms with Crippen LogP contribution in [0.4, 0.5) is 0 Å². The lowest BCUT2D eigenvalue weighted by Gasteiger charge is -2.03. The van der Waals surface area contributed by atoms with Gasteiger partial charge >= 0.3 is 0 Å². The fourth-order valence-corrected chi connectivity index (χ4v) is 4.32. The zero-order valence-electron chi connectivity index (χ0n) is 9.39. The normalized spacial score (nSPS) is 10.9. The van der Waals surface area contributed by atoms with Crippen LogP contribution in [0.3, 0.4) is 0 Å². The molecule has 92 valence electrons. The molecule has 5 heteroatoms. The minimum Gasteiger partial charge on any atom is -0.383 e. The molecule has 0 amide bonds. The summed E-state index contributed by atoms with van der Waals surface area (Å²) in [7, 11) is 1.73. The van der Waals surface area contributed by atoms with Gasteiger partial charge in [-0.15, -0.1) is 11.3 Å².